The zero-order valence-electron chi connectivity index (χ0n) is 22.1. The van der Waals surface area contributed by atoms with Crippen molar-refractivity contribution in [2.45, 2.75) is 9.79 Å². The van der Waals surface area contributed by atoms with Gasteiger partial charge in [0.05, 0.1) is 21.2 Å². The Bertz CT molecular complexity index is 1950. The summed E-state index contributed by atoms with van der Waals surface area (Å²) in [5.74, 6) is 0.659. The van der Waals surface area contributed by atoms with Crippen LogP contribution in [0.2, 0.25) is 0 Å². The molecule has 6 aromatic rings. The maximum Gasteiger partial charge on any atom is 0.160 e. The highest BCUT2D eigenvalue weighted by atomic mass is 32.2. The molecule has 0 radical (unpaired) electrons. The first kappa shape index (κ1) is 24.9. The van der Waals surface area contributed by atoms with Crippen LogP contribution in [0.3, 0.4) is 0 Å². The minimum absolute atomic E-state index is 0.659. The summed E-state index contributed by atoms with van der Waals surface area (Å²) >= 11 is 0. The fourth-order valence-corrected chi connectivity index (χ4v) is 7.10. The summed E-state index contributed by atoms with van der Waals surface area (Å²) in [7, 11) is -2.75. The molecule has 0 amide bonds. The van der Waals surface area contributed by atoms with E-state index >= 15 is 0 Å². The Morgan fingerprint density at radius 1 is 0.488 bits per heavy atom. The Hall–Kier alpha value is -5.13. The maximum atomic E-state index is 14.1. The Morgan fingerprint density at radius 3 is 1.61 bits per heavy atom. The van der Waals surface area contributed by atoms with Crippen LogP contribution in [0.25, 0.3) is 39.5 Å². The van der Waals surface area contributed by atoms with Crippen LogP contribution >= 0.6 is 0 Å². The lowest BCUT2D eigenvalue weighted by Crippen LogP contribution is -2.09. The molecular formula is C36H25N3OS. The van der Waals surface area contributed by atoms with E-state index < -0.39 is 9.73 Å². The molecule has 5 aromatic carbocycles. The molecule has 5 heteroatoms. The third-order valence-corrected chi connectivity index (χ3v) is 9.45. The molecule has 0 fully saturated rings. The van der Waals surface area contributed by atoms with E-state index in [-0.39, 0.29) is 0 Å². The minimum Gasteiger partial charge on any atom is -0.239 e. The number of aromatic nitrogens is 2. The minimum atomic E-state index is -2.75. The zero-order chi connectivity index (χ0) is 27.6. The fourth-order valence-electron chi connectivity index (χ4n) is 5.10. The summed E-state index contributed by atoms with van der Waals surface area (Å²) in [6.07, 6.45) is 1.76. The molecule has 4 nitrogen and oxygen atoms in total. The number of hydrogen-bond donors (Lipinski definition) is 0. The Morgan fingerprint density at radius 2 is 1.00 bits per heavy atom. The van der Waals surface area contributed by atoms with Gasteiger partial charge in [-0.1, -0.05) is 121 Å². The smallest absolute Gasteiger partial charge is 0.160 e. The van der Waals surface area contributed by atoms with E-state index in [4.69, 9.17) is 9.97 Å². The number of benzene rings is 5. The summed E-state index contributed by atoms with van der Waals surface area (Å²) in [4.78, 5) is 11.3. The Balaban J connectivity index is 1.31. The van der Waals surface area contributed by atoms with Crippen LogP contribution in [0.4, 0.5) is 0 Å². The second kappa shape index (κ2) is 10.5. The lowest BCUT2D eigenvalue weighted by Gasteiger charge is -2.20. The molecule has 0 spiro atoms. The summed E-state index contributed by atoms with van der Waals surface area (Å²) in [5.41, 5.74) is 7.59. The average Bonchev–Trinajstić information content (AvgIpc) is 3.06. The zero-order valence-corrected chi connectivity index (χ0v) is 22.9. The van der Waals surface area contributed by atoms with E-state index in [1.807, 2.05) is 109 Å². The highest BCUT2D eigenvalue weighted by Gasteiger charge is 2.24. The number of nitrogens with zero attached hydrogens (tertiary/aromatic N) is 3. The second-order valence-electron chi connectivity index (χ2n) is 9.75. The summed E-state index contributed by atoms with van der Waals surface area (Å²) in [6.45, 7) is 0. The van der Waals surface area contributed by atoms with Gasteiger partial charge in [0.25, 0.3) is 0 Å². The van der Waals surface area contributed by atoms with Gasteiger partial charge in [-0.3, -0.25) is 0 Å². The highest BCUT2D eigenvalue weighted by molar-refractivity contribution is 7.94. The largest absolute Gasteiger partial charge is 0.239 e. The summed E-state index contributed by atoms with van der Waals surface area (Å²) in [6, 6.07) is 47.9. The van der Waals surface area contributed by atoms with E-state index in [1.54, 1.807) is 6.20 Å². The van der Waals surface area contributed by atoms with Gasteiger partial charge < -0.3 is 0 Å². The number of fused-ring (bicyclic) bond motifs is 1. The van der Waals surface area contributed by atoms with Gasteiger partial charge in [-0.05, 0) is 29.8 Å². The van der Waals surface area contributed by atoms with Crippen molar-refractivity contribution in [3.8, 4) is 33.9 Å². The molecule has 0 aliphatic carbocycles. The molecule has 1 aliphatic heterocycles. The predicted molar refractivity (Wildman–Crippen MR) is 165 cm³/mol. The number of hydrogen-bond acceptors (Lipinski definition) is 4. The molecule has 1 aliphatic rings. The predicted octanol–water partition coefficient (Wildman–Crippen LogP) is 8.77. The van der Waals surface area contributed by atoms with E-state index in [0.717, 1.165) is 49.7 Å². The van der Waals surface area contributed by atoms with Crippen LogP contribution in [0.15, 0.2) is 166 Å². The van der Waals surface area contributed by atoms with E-state index in [1.165, 1.54) is 0 Å². The molecule has 0 N–H and O–H groups in total. The molecule has 1 aromatic heterocycles. The second-order valence-corrected chi connectivity index (χ2v) is 11.9. The topological polar surface area (TPSA) is 55.2 Å². The molecule has 41 heavy (non-hydrogen) atoms. The molecule has 7 rings (SSSR count). The lowest BCUT2D eigenvalue weighted by molar-refractivity contribution is 0.676. The van der Waals surface area contributed by atoms with E-state index in [0.29, 0.717) is 10.7 Å². The highest BCUT2D eigenvalue weighted by Crippen LogP contribution is 2.38. The van der Waals surface area contributed by atoms with E-state index in [9.17, 15) is 4.21 Å². The maximum absolute atomic E-state index is 14.1. The third kappa shape index (κ3) is 4.66. The van der Waals surface area contributed by atoms with Gasteiger partial charge in [0, 0.05) is 34.0 Å². The van der Waals surface area contributed by atoms with Crippen LogP contribution in [0, 0.1) is 0 Å². The van der Waals surface area contributed by atoms with Gasteiger partial charge in [-0.15, -0.1) is 0 Å². The normalized spacial score (nSPS) is 15.9. The van der Waals surface area contributed by atoms with Gasteiger partial charge in [-0.25, -0.2) is 14.2 Å². The first-order chi connectivity index (χ1) is 20.2. The van der Waals surface area contributed by atoms with Gasteiger partial charge in [0.15, 0.2) is 5.82 Å². The summed E-state index contributed by atoms with van der Waals surface area (Å²) < 4.78 is 18.8. The molecule has 0 saturated carbocycles. The first-order valence-corrected chi connectivity index (χ1v) is 14.9. The number of rotatable bonds is 5. The van der Waals surface area contributed by atoms with Gasteiger partial charge in [0.1, 0.15) is 9.73 Å². The van der Waals surface area contributed by atoms with Crippen LogP contribution in [0.1, 0.15) is 11.1 Å². The van der Waals surface area contributed by atoms with Crippen molar-refractivity contribution >= 4 is 15.3 Å². The van der Waals surface area contributed by atoms with Crippen molar-refractivity contribution in [3.63, 3.8) is 0 Å². The quantitative estimate of drug-likeness (QED) is 0.217. The molecule has 0 bridgehead atoms. The molecule has 196 valence electrons. The summed E-state index contributed by atoms with van der Waals surface area (Å²) in [5, 5.41) is 0. The van der Waals surface area contributed by atoms with Crippen molar-refractivity contribution in [2.75, 3.05) is 0 Å². The van der Waals surface area contributed by atoms with Crippen LogP contribution < -0.4 is 0 Å². The monoisotopic (exact) mass is 547 g/mol. The average molecular weight is 548 g/mol. The van der Waals surface area contributed by atoms with Crippen molar-refractivity contribution in [3.05, 3.63) is 163 Å². The molecule has 1 atom stereocenters. The third-order valence-electron chi connectivity index (χ3n) is 7.19. The Labute approximate surface area is 239 Å². The Kier molecular flexibility index (Phi) is 6.34. The first-order valence-electron chi connectivity index (χ1n) is 13.4. The van der Waals surface area contributed by atoms with Crippen molar-refractivity contribution in [1.29, 1.82) is 0 Å². The van der Waals surface area contributed by atoms with Crippen LogP contribution in [-0.2, 0) is 9.73 Å². The van der Waals surface area contributed by atoms with Crippen LogP contribution in [-0.4, -0.2) is 14.2 Å². The lowest BCUT2D eigenvalue weighted by atomic mass is 9.97. The molecular weight excluding hydrogens is 522 g/mol. The van der Waals surface area contributed by atoms with Crippen molar-refractivity contribution < 1.29 is 4.21 Å². The molecule has 2 heterocycles. The molecule has 1 unspecified atom stereocenters. The standard InChI is InChI=1S/C36H25N3OS/c40-41(30-16-8-3-9-17-30)35-19-11-10-18-31(35)32(25-37-41)26-20-22-29(23-21-26)36-38-33(27-12-4-1-5-13-27)24-34(39-36)28-14-6-2-7-15-28/h1-25H. The van der Waals surface area contributed by atoms with Crippen LogP contribution in [0.5, 0.6) is 0 Å². The van der Waals surface area contributed by atoms with Gasteiger partial charge >= 0.3 is 0 Å². The van der Waals surface area contributed by atoms with Gasteiger partial charge in [0.2, 0.25) is 0 Å². The fraction of sp³-hybridized carbons (Fsp3) is 0. The van der Waals surface area contributed by atoms with Gasteiger partial charge in [-0.2, -0.15) is 4.36 Å². The SMILES string of the molecule is O=S1(c2ccccc2)=NC=C(c2ccc(-c3nc(-c4ccccc4)cc(-c4ccccc4)n3)cc2)c2ccccc21. The van der Waals surface area contributed by atoms with Crippen molar-refractivity contribution in [2.24, 2.45) is 4.36 Å². The van der Waals surface area contributed by atoms with E-state index in [2.05, 4.69) is 40.8 Å². The van der Waals surface area contributed by atoms with Crippen molar-refractivity contribution in [1.82, 2.24) is 9.97 Å². The molecule has 0 saturated heterocycles.